The molecule has 0 bridgehead atoms. The molecule has 0 aromatic rings. The number of rotatable bonds is 9. The van der Waals surface area contributed by atoms with Crippen LogP contribution in [0, 0.1) is 0 Å². The van der Waals surface area contributed by atoms with Crippen molar-refractivity contribution in [1.29, 1.82) is 0 Å². The normalized spacial score (nSPS) is 14.1. The Morgan fingerprint density at radius 1 is 1.06 bits per heavy atom. The third-order valence-corrected chi connectivity index (χ3v) is 2.62. The second kappa shape index (κ2) is 8.85. The molecule has 0 saturated heterocycles. The van der Waals surface area contributed by atoms with Gasteiger partial charge in [-0.3, -0.25) is 0 Å². The molecular formula is C12H24F3N. The molecule has 0 fully saturated rings. The van der Waals surface area contributed by atoms with Crippen LogP contribution in [-0.4, -0.2) is 18.8 Å². The van der Waals surface area contributed by atoms with E-state index in [1.807, 2.05) is 0 Å². The summed E-state index contributed by atoms with van der Waals surface area (Å²) in [4.78, 5) is 0. The predicted molar refractivity (Wildman–Crippen MR) is 61.5 cm³/mol. The van der Waals surface area contributed by atoms with E-state index in [1.54, 1.807) is 0 Å². The van der Waals surface area contributed by atoms with Crippen LogP contribution in [-0.2, 0) is 0 Å². The standard InChI is InChI=1S/C12H24F3N/c1-3-4-5-8-11(2)16-10-7-6-9-12(13,14)15/h11,16H,3-10H2,1-2H3. The van der Waals surface area contributed by atoms with E-state index in [4.69, 9.17) is 0 Å². The molecule has 0 aromatic carbocycles. The smallest absolute Gasteiger partial charge is 0.314 e. The molecule has 16 heavy (non-hydrogen) atoms. The van der Waals surface area contributed by atoms with Gasteiger partial charge in [0.05, 0.1) is 0 Å². The number of nitrogens with one attached hydrogen (secondary N) is 1. The van der Waals surface area contributed by atoms with Gasteiger partial charge >= 0.3 is 6.18 Å². The van der Waals surface area contributed by atoms with Crippen molar-refractivity contribution >= 4 is 0 Å². The zero-order chi connectivity index (χ0) is 12.4. The van der Waals surface area contributed by atoms with Gasteiger partial charge in [-0.1, -0.05) is 26.2 Å². The second-order valence-electron chi connectivity index (χ2n) is 4.42. The van der Waals surface area contributed by atoms with Crippen molar-refractivity contribution in [2.45, 2.75) is 71.0 Å². The first-order valence-corrected chi connectivity index (χ1v) is 6.26. The Balaban J connectivity index is 3.24. The van der Waals surface area contributed by atoms with Crippen LogP contribution in [0.5, 0.6) is 0 Å². The minimum absolute atomic E-state index is 0.234. The zero-order valence-electron chi connectivity index (χ0n) is 10.4. The lowest BCUT2D eigenvalue weighted by atomic mass is 10.1. The predicted octanol–water partition coefficient (Wildman–Crippen LogP) is 4.28. The topological polar surface area (TPSA) is 12.0 Å². The summed E-state index contributed by atoms with van der Waals surface area (Å²) in [5, 5.41) is 3.26. The molecule has 0 aromatic heterocycles. The van der Waals surface area contributed by atoms with Crippen molar-refractivity contribution in [3.05, 3.63) is 0 Å². The van der Waals surface area contributed by atoms with Crippen molar-refractivity contribution < 1.29 is 13.2 Å². The highest BCUT2D eigenvalue weighted by molar-refractivity contribution is 4.61. The second-order valence-corrected chi connectivity index (χ2v) is 4.42. The van der Waals surface area contributed by atoms with Gasteiger partial charge in [-0.2, -0.15) is 13.2 Å². The van der Waals surface area contributed by atoms with Gasteiger partial charge in [0.25, 0.3) is 0 Å². The van der Waals surface area contributed by atoms with Gasteiger partial charge in [0.2, 0.25) is 0 Å². The van der Waals surface area contributed by atoms with Crippen molar-refractivity contribution in [2.24, 2.45) is 0 Å². The number of hydrogen-bond donors (Lipinski definition) is 1. The molecule has 0 aliphatic rings. The maximum atomic E-state index is 11.8. The fraction of sp³-hybridized carbons (Fsp3) is 1.00. The molecule has 0 saturated carbocycles. The average Bonchev–Trinajstić information content (AvgIpc) is 2.16. The van der Waals surface area contributed by atoms with Crippen molar-refractivity contribution in [1.82, 2.24) is 5.32 Å². The van der Waals surface area contributed by atoms with Crippen LogP contribution in [0.4, 0.5) is 13.2 Å². The fourth-order valence-corrected chi connectivity index (χ4v) is 1.60. The molecule has 0 aliphatic carbocycles. The van der Waals surface area contributed by atoms with Crippen molar-refractivity contribution in [2.75, 3.05) is 6.54 Å². The third-order valence-electron chi connectivity index (χ3n) is 2.62. The number of hydrogen-bond acceptors (Lipinski definition) is 1. The maximum Gasteiger partial charge on any atom is 0.389 e. The third kappa shape index (κ3) is 11.8. The molecular weight excluding hydrogens is 215 g/mol. The van der Waals surface area contributed by atoms with Gasteiger partial charge in [0.1, 0.15) is 0 Å². The Morgan fingerprint density at radius 2 is 1.75 bits per heavy atom. The Labute approximate surface area is 96.8 Å². The molecule has 0 spiro atoms. The van der Waals surface area contributed by atoms with E-state index in [-0.39, 0.29) is 6.42 Å². The quantitative estimate of drug-likeness (QED) is 0.592. The number of unbranched alkanes of at least 4 members (excludes halogenated alkanes) is 3. The van der Waals surface area contributed by atoms with E-state index in [9.17, 15) is 13.2 Å². The summed E-state index contributed by atoms with van der Waals surface area (Å²) in [5.41, 5.74) is 0. The molecule has 1 nitrogen and oxygen atoms in total. The maximum absolute atomic E-state index is 11.8. The average molecular weight is 239 g/mol. The highest BCUT2D eigenvalue weighted by Crippen LogP contribution is 2.21. The molecule has 1 unspecified atom stereocenters. The summed E-state index contributed by atoms with van der Waals surface area (Å²) in [6, 6.07) is 0.428. The van der Waals surface area contributed by atoms with Crippen LogP contribution in [0.25, 0.3) is 0 Å². The molecule has 0 amide bonds. The van der Waals surface area contributed by atoms with E-state index in [2.05, 4.69) is 19.2 Å². The Bertz CT molecular complexity index is 157. The van der Waals surface area contributed by atoms with Gasteiger partial charge in [-0.15, -0.1) is 0 Å². The Hall–Kier alpha value is -0.250. The minimum atomic E-state index is -3.99. The van der Waals surface area contributed by atoms with E-state index >= 15 is 0 Å². The monoisotopic (exact) mass is 239 g/mol. The van der Waals surface area contributed by atoms with Gasteiger partial charge in [-0.05, 0) is 32.7 Å². The molecule has 98 valence electrons. The first-order chi connectivity index (χ1) is 7.45. The van der Waals surface area contributed by atoms with E-state index in [1.165, 1.54) is 19.3 Å². The SMILES string of the molecule is CCCCCC(C)NCCCCC(F)(F)F. The van der Waals surface area contributed by atoms with Gasteiger partial charge in [0, 0.05) is 12.5 Å². The van der Waals surface area contributed by atoms with Gasteiger partial charge in [-0.25, -0.2) is 0 Å². The molecule has 4 heteroatoms. The summed E-state index contributed by atoms with van der Waals surface area (Å²) in [5.74, 6) is 0. The lowest BCUT2D eigenvalue weighted by molar-refractivity contribution is -0.135. The van der Waals surface area contributed by atoms with E-state index < -0.39 is 12.6 Å². The molecule has 0 aliphatic heterocycles. The first-order valence-electron chi connectivity index (χ1n) is 6.26. The van der Waals surface area contributed by atoms with Gasteiger partial charge < -0.3 is 5.32 Å². The Kier molecular flexibility index (Phi) is 8.71. The highest BCUT2D eigenvalue weighted by atomic mass is 19.4. The molecule has 0 radical (unpaired) electrons. The summed E-state index contributed by atoms with van der Waals surface area (Å²) in [7, 11) is 0. The van der Waals surface area contributed by atoms with Crippen molar-refractivity contribution in [3.63, 3.8) is 0 Å². The summed E-state index contributed by atoms with van der Waals surface area (Å²) in [6.45, 7) is 4.96. The van der Waals surface area contributed by atoms with Crippen LogP contribution in [0.2, 0.25) is 0 Å². The summed E-state index contributed by atoms with van der Waals surface area (Å²) < 4.78 is 35.5. The van der Waals surface area contributed by atoms with Crippen LogP contribution < -0.4 is 5.32 Å². The largest absolute Gasteiger partial charge is 0.389 e. The van der Waals surface area contributed by atoms with Crippen LogP contribution in [0.3, 0.4) is 0 Å². The number of alkyl halides is 3. The lowest BCUT2D eigenvalue weighted by Gasteiger charge is -2.13. The van der Waals surface area contributed by atoms with Crippen LogP contribution in [0.15, 0.2) is 0 Å². The molecule has 0 heterocycles. The van der Waals surface area contributed by atoms with Crippen LogP contribution in [0.1, 0.15) is 58.8 Å². The first kappa shape index (κ1) is 15.8. The fourth-order valence-electron chi connectivity index (χ4n) is 1.60. The van der Waals surface area contributed by atoms with Gasteiger partial charge in [0.15, 0.2) is 0 Å². The molecule has 1 N–H and O–H groups in total. The summed E-state index contributed by atoms with van der Waals surface area (Å²) in [6.07, 6.45) is 0.959. The zero-order valence-corrected chi connectivity index (χ0v) is 10.4. The van der Waals surface area contributed by atoms with E-state index in [0.717, 1.165) is 6.42 Å². The molecule has 1 atom stereocenters. The lowest BCUT2D eigenvalue weighted by Crippen LogP contribution is -2.27. The summed E-state index contributed by atoms with van der Waals surface area (Å²) >= 11 is 0. The molecule has 0 rings (SSSR count). The van der Waals surface area contributed by atoms with E-state index in [0.29, 0.717) is 19.0 Å². The minimum Gasteiger partial charge on any atom is -0.314 e. The highest BCUT2D eigenvalue weighted by Gasteiger charge is 2.25. The number of halogens is 3. The van der Waals surface area contributed by atoms with Crippen molar-refractivity contribution in [3.8, 4) is 0 Å². The Morgan fingerprint density at radius 3 is 2.31 bits per heavy atom. The van der Waals surface area contributed by atoms with Crippen LogP contribution >= 0.6 is 0 Å².